The zero-order valence-corrected chi connectivity index (χ0v) is 20.2. The Morgan fingerprint density at radius 3 is 2.39 bits per heavy atom. The number of amides is 1. The summed E-state index contributed by atoms with van der Waals surface area (Å²) in [7, 11) is -1.73. The van der Waals surface area contributed by atoms with E-state index in [1.165, 1.54) is 27.8 Å². The maximum atomic E-state index is 12.8. The zero-order valence-electron chi connectivity index (χ0n) is 17.0. The van der Waals surface area contributed by atoms with Crippen LogP contribution in [0.4, 0.5) is 0 Å². The first-order valence-corrected chi connectivity index (χ1v) is 12.8. The number of piperidine rings is 1. The van der Waals surface area contributed by atoms with E-state index < -0.39 is 10.0 Å². The summed E-state index contributed by atoms with van der Waals surface area (Å²) < 4.78 is 30.0. The number of hydrogen-bond acceptors (Lipinski definition) is 4. The molecule has 0 aliphatic carbocycles. The lowest BCUT2D eigenvalue weighted by molar-refractivity contribution is -0.122. The molecule has 2 aromatic carbocycles. The topological polar surface area (TPSA) is 71.7 Å². The zero-order chi connectivity index (χ0) is 22.3. The fourth-order valence-electron chi connectivity index (χ4n) is 3.79. The van der Waals surface area contributed by atoms with Gasteiger partial charge >= 0.3 is 0 Å². The maximum absolute atomic E-state index is 12.8. The second-order valence-corrected chi connectivity index (χ2v) is 11.3. The normalized spacial score (nSPS) is 16.8. The number of benzene rings is 2. The summed E-state index contributed by atoms with van der Waals surface area (Å²) >= 11 is 13.5. The summed E-state index contributed by atoms with van der Waals surface area (Å²) in [5, 5.41) is 1.16. The molecule has 0 unspecified atom stereocenters. The second kappa shape index (κ2) is 8.67. The number of carbonyl (C=O) groups is 1. The number of carbonyl (C=O) groups excluding carboxylic acids is 1. The first-order valence-electron chi connectivity index (χ1n) is 9.77. The molecule has 1 fully saturated rings. The van der Waals surface area contributed by atoms with Crippen molar-refractivity contribution >= 4 is 60.7 Å². The molecule has 0 N–H and O–H groups in total. The van der Waals surface area contributed by atoms with Crippen LogP contribution in [0, 0.1) is 12.8 Å². The molecule has 6 nitrogen and oxygen atoms in total. The molecule has 1 amide bonds. The van der Waals surface area contributed by atoms with Gasteiger partial charge in [0.15, 0.2) is 4.80 Å². The lowest BCUT2D eigenvalue weighted by atomic mass is 9.98. The molecule has 1 aliphatic heterocycles. The van der Waals surface area contributed by atoms with Gasteiger partial charge in [-0.25, -0.2) is 8.42 Å². The van der Waals surface area contributed by atoms with Gasteiger partial charge in [0.1, 0.15) is 0 Å². The Hall–Kier alpha value is -1.71. The van der Waals surface area contributed by atoms with Crippen LogP contribution >= 0.6 is 34.5 Å². The number of hydrogen-bond donors (Lipinski definition) is 0. The highest BCUT2D eigenvalue weighted by atomic mass is 35.5. The van der Waals surface area contributed by atoms with Crippen LogP contribution in [0.25, 0.3) is 10.2 Å². The van der Waals surface area contributed by atoms with Crippen LogP contribution in [0.2, 0.25) is 10.0 Å². The van der Waals surface area contributed by atoms with Crippen molar-refractivity contribution < 1.29 is 13.2 Å². The van der Waals surface area contributed by atoms with Crippen molar-refractivity contribution in [1.29, 1.82) is 0 Å². The van der Waals surface area contributed by atoms with Crippen LogP contribution in [0.3, 0.4) is 0 Å². The highest BCUT2D eigenvalue weighted by molar-refractivity contribution is 7.89. The highest BCUT2D eigenvalue weighted by Gasteiger charge is 2.32. The summed E-state index contributed by atoms with van der Waals surface area (Å²) in [4.78, 5) is 18.0. The number of nitrogens with zero attached hydrogens (tertiary/aromatic N) is 3. The van der Waals surface area contributed by atoms with Gasteiger partial charge in [-0.3, -0.25) is 4.79 Å². The van der Waals surface area contributed by atoms with E-state index in [-0.39, 0.29) is 29.8 Å². The van der Waals surface area contributed by atoms with Gasteiger partial charge in [0.05, 0.1) is 15.1 Å². The van der Waals surface area contributed by atoms with Crippen LogP contribution in [0.15, 0.2) is 46.3 Å². The fourth-order valence-corrected chi connectivity index (χ4v) is 6.63. The molecule has 0 radical (unpaired) electrons. The molecule has 2 heterocycles. The van der Waals surface area contributed by atoms with Crippen molar-refractivity contribution in [3.8, 4) is 0 Å². The van der Waals surface area contributed by atoms with E-state index in [0.29, 0.717) is 27.7 Å². The molecule has 0 bridgehead atoms. The van der Waals surface area contributed by atoms with Gasteiger partial charge in [0.25, 0.3) is 5.91 Å². The van der Waals surface area contributed by atoms with Gasteiger partial charge in [-0.05, 0) is 61.7 Å². The highest BCUT2D eigenvalue weighted by Crippen LogP contribution is 2.28. The number of rotatable bonds is 3. The summed E-state index contributed by atoms with van der Waals surface area (Å²) in [5.74, 6) is -0.513. The number of sulfonamides is 1. The summed E-state index contributed by atoms with van der Waals surface area (Å²) in [6, 6.07) is 9.89. The lowest BCUT2D eigenvalue weighted by Crippen LogP contribution is -2.40. The monoisotopic (exact) mass is 497 g/mol. The van der Waals surface area contributed by atoms with Gasteiger partial charge in [0, 0.05) is 36.1 Å². The van der Waals surface area contributed by atoms with Crippen molar-refractivity contribution in [2.75, 3.05) is 13.1 Å². The Morgan fingerprint density at radius 2 is 1.74 bits per heavy atom. The van der Waals surface area contributed by atoms with Gasteiger partial charge in [-0.2, -0.15) is 9.30 Å². The molecule has 4 rings (SSSR count). The van der Waals surface area contributed by atoms with Crippen LogP contribution < -0.4 is 4.80 Å². The molecule has 0 atom stereocenters. The third-order valence-electron chi connectivity index (χ3n) is 5.61. The van der Waals surface area contributed by atoms with Crippen molar-refractivity contribution in [2.45, 2.75) is 24.7 Å². The minimum Gasteiger partial charge on any atom is -0.319 e. The van der Waals surface area contributed by atoms with Gasteiger partial charge in [0.2, 0.25) is 10.0 Å². The first-order chi connectivity index (χ1) is 14.7. The van der Waals surface area contributed by atoms with Crippen LogP contribution in [0.1, 0.15) is 18.4 Å². The van der Waals surface area contributed by atoms with Crippen LogP contribution in [-0.2, 0) is 21.9 Å². The van der Waals surface area contributed by atoms with E-state index in [1.54, 1.807) is 12.1 Å². The molecular formula is C21H21Cl2N3O3S2. The maximum Gasteiger partial charge on any atom is 0.251 e. The lowest BCUT2D eigenvalue weighted by Gasteiger charge is -2.29. The number of thiazole rings is 1. The number of fused-ring (bicyclic) bond motifs is 1. The summed E-state index contributed by atoms with van der Waals surface area (Å²) in [5.41, 5.74) is 1.92. The molecule has 164 valence electrons. The Labute approximate surface area is 194 Å². The van der Waals surface area contributed by atoms with Crippen molar-refractivity contribution in [2.24, 2.45) is 18.0 Å². The molecule has 0 spiro atoms. The van der Waals surface area contributed by atoms with Crippen LogP contribution in [0.5, 0.6) is 0 Å². The van der Waals surface area contributed by atoms with E-state index in [0.717, 1.165) is 15.8 Å². The third kappa shape index (κ3) is 4.32. The average molecular weight is 498 g/mol. The first kappa shape index (κ1) is 22.5. The van der Waals surface area contributed by atoms with E-state index in [4.69, 9.17) is 23.2 Å². The Morgan fingerprint density at radius 1 is 1.10 bits per heavy atom. The molecule has 0 saturated carbocycles. The standard InChI is InChI=1S/C21H21Cl2N3O3S2/c1-13-17(23)7-8-18-19(13)25(2)21(30-18)24-20(27)14-9-11-26(12-10-14)31(28,29)16-5-3-15(22)4-6-16/h3-8,14H,9-12H2,1-2H3. The van der Waals surface area contributed by atoms with Crippen molar-refractivity contribution in [3.63, 3.8) is 0 Å². The number of aryl methyl sites for hydroxylation is 2. The average Bonchev–Trinajstić information content (AvgIpc) is 3.07. The summed E-state index contributed by atoms with van der Waals surface area (Å²) in [6.07, 6.45) is 0.878. The molecule has 3 aromatic rings. The van der Waals surface area contributed by atoms with Crippen LogP contribution in [-0.4, -0.2) is 36.3 Å². The number of aromatic nitrogens is 1. The van der Waals surface area contributed by atoms with Crippen molar-refractivity contribution in [3.05, 3.63) is 56.8 Å². The Bertz CT molecular complexity index is 1320. The molecule has 1 saturated heterocycles. The van der Waals surface area contributed by atoms with Gasteiger partial charge < -0.3 is 4.57 Å². The SMILES string of the molecule is Cc1c(Cl)ccc2sc(=NC(=O)C3CCN(S(=O)(=O)c4ccc(Cl)cc4)CC3)n(C)c12. The van der Waals surface area contributed by atoms with Gasteiger partial charge in [-0.15, -0.1) is 0 Å². The predicted molar refractivity (Wildman–Crippen MR) is 124 cm³/mol. The predicted octanol–water partition coefficient (Wildman–Crippen LogP) is 4.38. The molecular weight excluding hydrogens is 477 g/mol. The quantitative estimate of drug-likeness (QED) is 0.538. The summed E-state index contributed by atoms with van der Waals surface area (Å²) in [6.45, 7) is 2.51. The smallest absolute Gasteiger partial charge is 0.251 e. The molecule has 31 heavy (non-hydrogen) atoms. The van der Waals surface area contributed by atoms with Gasteiger partial charge in [-0.1, -0.05) is 34.5 Å². The van der Waals surface area contributed by atoms with E-state index in [2.05, 4.69) is 4.99 Å². The van der Waals surface area contributed by atoms with E-state index >= 15 is 0 Å². The second-order valence-electron chi connectivity index (χ2n) is 7.55. The molecule has 1 aromatic heterocycles. The van der Waals surface area contributed by atoms with Crippen molar-refractivity contribution in [1.82, 2.24) is 8.87 Å². The Kier molecular flexibility index (Phi) is 6.29. The number of halogens is 2. The minimum atomic E-state index is -3.60. The molecule has 10 heteroatoms. The molecule has 1 aliphatic rings. The third-order valence-corrected chi connectivity index (χ3v) is 9.28. The minimum absolute atomic E-state index is 0.206. The fraction of sp³-hybridized carbons (Fsp3) is 0.333. The Balaban J connectivity index is 1.51. The van der Waals surface area contributed by atoms with E-state index in [9.17, 15) is 13.2 Å². The largest absolute Gasteiger partial charge is 0.319 e. The van der Waals surface area contributed by atoms with E-state index in [1.807, 2.05) is 30.7 Å².